The maximum absolute atomic E-state index is 12.6. The standard InChI is InChI=1S/C15H29NO3Si/c1-8-9-11-12(15(5,19)10-17)13(18)16(11)20(6,7)14(2,3)4/h8,11-12,17,19H,1,9-10H2,2-7H3. The predicted octanol–water partition coefficient (Wildman–Crippen LogP) is 2.14. The van der Waals surface area contributed by atoms with Crippen molar-refractivity contribution in [2.24, 2.45) is 5.92 Å². The third-order valence-electron chi connectivity index (χ3n) is 5.06. The van der Waals surface area contributed by atoms with Crippen LogP contribution in [0.3, 0.4) is 0 Å². The van der Waals surface area contributed by atoms with E-state index in [0.29, 0.717) is 6.42 Å². The zero-order chi connectivity index (χ0) is 15.9. The van der Waals surface area contributed by atoms with Crippen molar-refractivity contribution in [2.45, 2.75) is 63.9 Å². The number of hydrogen-bond acceptors (Lipinski definition) is 3. The van der Waals surface area contributed by atoms with Crippen LogP contribution in [0.5, 0.6) is 0 Å². The van der Waals surface area contributed by atoms with Gasteiger partial charge in [0.05, 0.1) is 18.1 Å². The van der Waals surface area contributed by atoms with Crippen molar-refractivity contribution < 1.29 is 15.0 Å². The van der Waals surface area contributed by atoms with Crippen molar-refractivity contribution in [1.29, 1.82) is 0 Å². The van der Waals surface area contributed by atoms with Crippen LogP contribution in [0.1, 0.15) is 34.1 Å². The third-order valence-corrected chi connectivity index (χ3v) is 10.5. The predicted molar refractivity (Wildman–Crippen MR) is 83.8 cm³/mol. The first-order chi connectivity index (χ1) is 8.91. The number of aliphatic hydroxyl groups excluding tert-OH is 1. The van der Waals surface area contributed by atoms with Crippen LogP contribution in [0.25, 0.3) is 0 Å². The number of carbonyl (C=O) groups is 1. The maximum atomic E-state index is 12.6. The molecule has 1 fully saturated rings. The smallest absolute Gasteiger partial charge is 0.223 e. The highest BCUT2D eigenvalue weighted by Gasteiger charge is 2.61. The lowest BCUT2D eigenvalue weighted by molar-refractivity contribution is -0.170. The quantitative estimate of drug-likeness (QED) is 0.464. The fourth-order valence-electron chi connectivity index (χ4n) is 2.79. The Morgan fingerprint density at radius 1 is 1.35 bits per heavy atom. The van der Waals surface area contributed by atoms with E-state index in [-0.39, 0.29) is 17.0 Å². The summed E-state index contributed by atoms with van der Waals surface area (Å²) in [4.78, 5) is 12.6. The summed E-state index contributed by atoms with van der Waals surface area (Å²) in [6.07, 6.45) is 2.44. The Morgan fingerprint density at radius 2 is 1.85 bits per heavy atom. The van der Waals surface area contributed by atoms with Gasteiger partial charge in [-0.05, 0) is 18.4 Å². The molecule has 20 heavy (non-hydrogen) atoms. The Balaban J connectivity index is 3.13. The minimum absolute atomic E-state index is 0.0255. The van der Waals surface area contributed by atoms with E-state index in [9.17, 15) is 15.0 Å². The second kappa shape index (κ2) is 5.28. The fourth-order valence-corrected chi connectivity index (χ4v) is 5.28. The van der Waals surface area contributed by atoms with E-state index in [1.54, 1.807) is 6.08 Å². The first-order valence-corrected chi connectivity index (χ1v) is 10.1. The van der Waals surface area contributed by atoms with Crippen LogP contribution in [-0.2, 0) is 4.79 Å². The Hall–Kier alpha value is -0.653. The molecule has 1 amide bonds. The van der Waals surface area contributed by atoms with Crippen LogP contribution in [0.15, 0.2) is 12.7 Å². The highest BCUT2D eigenvalue weighted by atomic mass is 28.3. The highest BCUT2D eigenvalue weighted by molar-refractivity contribution is 6.80. The highest BCUT2D eigenvalue weighted by Crippen LogP contribution is 2.48. The van der Waals surface area contributed by atoms with E-state index in [0.717, 1.165) is 0 Å². The SMILES string of the molecule is C=CCC1C(C(C)(O)CO)C(=O)N1[Si](C)(C)C(C)(C)C. The van der Waals surface area contributed by atoms with Gasteiger partial charge in [0.15, 0.2) is 8.24 Å². The second-order valence-electron chi connectivity index (χ2n) is 7.60. The van der Waals surface area contributed by atoms with Gasteiger partial charge in [-0.1, -0.05) is 39.9 Å². The molecule has 0 aromatic heterocycles. The second-order valence-corrected chi connectivity index (χ2v) is 12.7. The lowest BCUT2D eigenvalue weighted by Crippen LogP contribution is -2.76. The van der Waals surface area contributed by atoms with Gasteiger partial charge in [-0.15, -0.1) is 6.58 Å². The maximum Gasteiger partial charge on any atom is 0.223 e. The fraction of sp³-hybridized carbons (Fsp3) is 0.800. The average molecular weight is 299 g/mol. The van der Waals surface area contributed by atoms with Crippen molar-refractivity contribution in [3.63, 3.8) is 0 Å². The van der Waals surface area contributed by atoms with Gasteiger partial charge in [-0.25, -0.2) is 0 Å². The Labute approximate surface area is 123 Å². The van der Waals surface area contributed by atoms with E-state index < -0.39 is 26.4 Å². The van der Waals surface area contributed by atoms with E-state index >= 15 is 0 Å². The summed E-state index contributed by atoms with van der Waals surface area (Å²) in [5.41, 5.74) is -1.36. The van der Waals surface area contributed by atoms with Gasteiger partial charge < -0.3 is 14.8 Å². The van der Waals surface area contributed by atoms with Crippen LogP contribution in [0.2, 0.25) is 18.1 Å². The number of nitrogens with zero attached hydrogens (tertiary/aromatic N) is 1. The first-order valence-electron chi connectivity index (χ1n) is 7.19. The van der Waals surface area contributed by atoms with Crippen molar-refractivity contribution in [3.05, 3.63) is 12.7 Å². The van der Waals surface area contributed by atoms with Gasteiger partial charge in [0, 0.05) is 6.04 Å². The molecule has 0 aliphatic carbocycles. The van der Waals surface area contributed by atoms with Crippen LogP contribution in [0.4, 0.5) is 0 Å². The summed E-state index contributed by atoms with van der Waals surface area (Å²) in [6, 6.07) is -0.0527. The molecule has 0 saturated carbocycles. The van der Waals surface area contributed by atoms with E-state index in [4.69, 9.17) is 0 Å². The molecule has 0 aromatic carbocycles. The number of β-lactam (4-membered cyclic amide) rings is 1. The van der Waals surface area contributed by atoms with Crippen LogP contribution in [-0.4, -0.2) is 47.2 Å². The zero-order valence-electron chi connectivity index (χ0n) is 13.6. The number of hydrogen-bond donors (Lipinski definition) is 2. The van der Waals surface area contributed by atoms with Gasteiger partial charge >= 0.3 is 0 Å². The molecule has 1 aliphatic rings. The van der Waals surface area contributed by atoms with Gasteiger partial charge in [0.25, 0.3) is 0 Å². The lowest BCUT2D eigenvalue weighted by Gasteiger charge is -2.60. The molecule has 1 rings (SSSR count). The normalized spacial score (nSPS) is 27.0. The summed E-state index contributed by atoms with van der Waals surface area (Å²) < 4.78 is 1.99. The summed E-state index contributed by atoms with van der Waals surface area (Å²) >= 11 is 0. The molecular formula is C15H29NO3Si. The van der Waals surface area contributed by atoms with Crippen molar-refractivity contribution in [2.75, 3.05) is 6.61 Å². The Morgan fingerprint density at radius 3 is 2.20 bits per heavy atom. The minimum Gasteiger partial charge on any atom is -0.393 e. The Bertz CT molecular complexity index is 398. The third kappa shape index (κ3) is 2.58. The summed E-state index contributed by atoms with van der Waals surface area (Å²) in [5.74, 6) is -0.554. The molecule has 0 radical (unpaired) electrons. The van der Waals surface area contributed by atoms with Gasteiger partial charge in [0.2, 0.25) is 5.91 Å². The molecule has 116 valence electrons. The van der Waals surface area contributed by atoms with Crippen LogP contribution in [0, 0.1) is 5.92 Å². The molecule has 5 heteroatoms. The van der Waals surface area contributed by atoms with Crippen molar-refractivity contribution in [3.8, 4) is 0 Å². The van der Waals surface area contributed by atoms with Gasteiger partial charge in [-0.2, -0.15) is 0 Å². The summed E-state index contributed by atoms with van der Waals surface area (Å²) in [7, 11) is -1.97. The summed E-state index contributed by atoms with van der Waals surface area (Å²) in [5, 5.41) is 19.7. The van der Waals surface area contributed by atoms with Gasteiger partial charge in [-0.3, -0.25) is 4.79 Å². The molecule has 2 N–H and O–H groups in total. The molecule has 0 aromatic rings. The lowest BCUT2D eigenvalue weighted by atomic mass is 9.76. The minimum atomic E-state index is -1.97. The molecule has 1 saturated heterocycles. The summed E-state index contributed by atoms with van der Waals surface area (Å²) in [6.45, 7) is 15.8. The van der Waals surface area contributed by atoms with E-state index in [1.807, 2.05) is 4.57 Å². The molecule has 0 spiro atoms. The first kappa shape index (κ1) is 17.4. The van der Waals surface area contributed by atoms with E-state index in [1.165, 1.54) is 6.92 Å². The van der Waals surface area contributed by atoms with E-state index in [2.05, 4.69) is 40.4 Å². The number of aliphatic hydroxyl groups is 2. The molecule has 3 unspecified atom stereocenters. The monoisotopic (exact) mass is 299 g/mol. The molecule has 4 nitrogen and oxygen atoms in total. The topological polar surface area (TPSA) is 60.8 Å². The molecule has 3 atom stereocenters. The van der Waals surface area contributed by atoms with Crippen LogP contribution < -0.4 is 0 Å². The van der Waals surface area contributed by atoms with Crippen molar-refractivity contribution in [1.82, 2.24) is 4.57 Å². The zero-order valence-corrected chi connectivity index (χ0v) is 14.6. The van der Waals surface area contributed by atoms with Crippen molar-refractivity contribution >= 4 is 14.1 Å². The van der Waals surface area contributed by atoms with Gasteiger partial charge in [0.1, 0.15) is 0 Å². The molecule has 1 heterocycles. The number of carbonyl (C=O) groups excluding carboxylic acids is 1. The Kier molecular flexibility index (Phi) is 4.59. The average Bonchev–Trinajstić information content (AvgIpc) is 2.26. The number of amides is 1. The molecular weight excluding hydrogens is 270 g/mol. The number of rotatable bonds is 5. The molecule has 0 bridgehead atoms. The largest absolute Gasteiger partial charge is 0.393 e. The van der Waals surface area contributed by atoms with Crippen LogP contribution >= 0.6 is 0 Å². The molecule has 1 aliphatic heterocycles.